The number of hydrogen-bond acceptors (Lipinski definition) is 5. The maximum Gasteiger partial charge on any atom is 0.269 e. The second-order valence-electron chi connectivity index (χ2n) is 6.15. The van der Waals surface area contributed by atoms with Crippen molar-refractivity contribution in [1.82, 2.24) is 9.62 Å². The molecular formula is C14H19N3O4S. The van der Waals surface area contributed by atoms with Crippen LogP contribution in [0.15, 0.2) is 29.2 Å². The third-order valence-corrected chi connectivity index (χ3v) is 6.42. The Morgan fingerprint density at radius 3 is 2.41 bits per heavy atom. The van der Waals surface area contributed by atoms with Crippen LogP contribution in [0, 0.1) is 15.5 Å². The minimum atomic E-state index is -3.59. The number of sulfonamides is 1. The molecule has 0 amide bonds. The van der Waals surface area contributed by atoms with Gasteiger partial charge in [0, 0.05) is 43.7 Å². The van der Waals surface area contributed by atoms with Crippen molar-refractivity contribution in [1.29, 1.82) is 0 Å². The average molecular weight is 325 g/mol. The van der Waals surface area contributed by atoms with Crippen LogP contribution in [-0.2, 0) is 10.0 Å². The van der Waals surface area contributed by atoms with Gasteiger partial charge in [0.1, 0.15) is 0 Å². The van der Waals surface area contributed by atoms with E-state index in [1.807, 2.05) is 0 Å². The van der Waals surface area contributed by atoms with E-state index in [0.717, 1.165) is 32.4 Å². The normalized spacial score (nSPS) is 22.0. The van der Waals surface area contributed by atoms with Crippen LogP contribution in [0.5, 0.6) is 0 Å². The van der Waals surface area contributed by atoms with Gasteiger partial charge in [0.05, 0.1) is 9.82 Å². The SMILES string of the molecule is O=[N+]([O-])c1ccc(S(=O)(=O)N2CCCCC3(CNC3)C2)cc1. The Labute approximate surface area is 129 Å². The molecule has 0 atom stereocenters. The number of nitro groups is 1. The molecule has 0 bridgehead atoms. The topological polar surface area (TPSA) is 92.5 Å². The van der Waals surface area contributed by atoms with Crippen molar-refractivity contribution in [2.75, 3.05) is 26.2 Å². The Morgan fingerprint density at radius 2 is 1.86 bits per heavy atom. The highest BCUT2D eigenvalue weighted by Gasteiger charge is 2.42. The number of non-ortho nitro benzene ring substituents is 1. The Morgan fingerprint density at radius 1 is 1.18 bits per heavy atom. The molecule has 0 radical (unpaired) electrons. The average Bonchev–Trinajstić information content (AvgIpc) is 2.70. The number of nitrogens with zero attached hydrogens (tertiary/aromatic N) is 2. The van der Waals surface area contributed by atoms with Gasteiger partial charge in [0.25, 0.3) is 5.69 Å². The maximum atomic E-state index is 12.8. The smallest absolute Gasteiger partial charge is 0.269 e. The molecule has 8 heteroatoms. The zero-order chi connectivity index (χ0) is 15.8. The summed E-state index contributed by atoms with van der Waals surface area (Å²) in [6.45, 7) is 2.76. The van der Waals surface area contributed by atoms with Crippen LogP contribution in [0.3, 0.4) is 0 Å². The molecule has 1 aromatic carbocycles. The molecular weight excluding hydrogens is 306 g/mol. The molecule has 2 saturated heterocycles. The highest BCUT2D eigenvalue weighted by atomic mass is 32.2. The minimum Gasteiger partial charge on any atom is -0.315 e. The summed E-state index contributed by atoms with van der Waals surface area (Å²) >= 11 is 0. The summed E-state index contributed by atoms with van der Waals surface area (Å²) in [6.07, 6.45) is 2.94. The molecule has 0 aromatic heterocycles. The van der Waals surface area contributed by atoms with E-state index in [9.17, 15) is 18.5 Å². The van der Waals surface area contributed by atoms with Crippen molar-refractivity contribution in [2.24, 2.45) is 5.41 Å². The first-order chi connectivity index (χ1) is 10.4. The predicted molar refractivity (Wildman–Crippen MR) is 81.0 cm³/mol. The maximum absolute atomic E-state index is 12.8. The Balaban J connectivity index is 1.86. The van der Waals surface area contributed by atoms with Crippen LogP contribution in [0.2, 0.25) is 0 Å². The molecule has 1 N–H and O–H groups in total. The van der Waals surface area contributed by atoms with Crippen LogP contribution in [0.1, 0.15) is 19.3 Å². The fraction of sp³-hybridized carbons (Fsp3) is 0.571. The van der Waals surface area contributed by atoms with Crippen LogP contribution in [0.25, 0.3) is 0 Å². The van der Waals surface area contributed by atoms with Crippen LogP contribution in [0.4, 0.5) is 5.69 Å². The third kappa shape index (κ3) is 2.73. The van der Waals surface area contributed by atoms with Gasteiger partial charge in [-0.3, -0.25) is 10.1 Å². The Kier molecular flexibility index (Phi) is 3.92. The molecule has 0 aliphatic carbocycles. The number of nitrogens with one attached hydrogen (secondary N) is 1. The molecule has 7 nitrogen and oxygen atoms in total. The number of rotatable bonds is 3. The molecule has 1 aromatic rings. The first kappa shape index (κ1) is 15.4. The molecule has 1 spiro atoms. The fourth-order valence-corrected chi connectivity index (χ4v) is 4.77. The van der Waals surface area contributed by atoms with E-state index < -0.39 is 14.9 Å². The summed E-state index contributed by atoms with van der Waals surface area (Å²) in [4.78, 5) is 10.3. The highest BCUT2D eigenvalue weighted by Crippen LogP contribution is 2.35. The zero-order valence-electron chi connectivity index (χ0n) is 12.2. The highest BCUT2D eigenvalue weighted by molar-refractivity contribution is 7.89. The van der Waals surface area contributed by atoms with E-state index in [2.05, 4.69) is 5.32 Å². The summed E-state index contributed by atoms with van der Waals surface area (Å²) in [5.41, 5.74) is -0.0425. The van der Waals surface area contributed by atoms with Crippen molar-refractivity contribution in [3.63, 3.8) is 0 Å². The molecule has 3 rings (SSSR count). The number of hydrogen-bond donors (Lipinski definition) is 1. The van der Waals surface area contributed by atoms with E-state index >= 15 is 0 Å². The van der Waals surface area contributed by atoms with Gasteiger partial charge in [-0.05, 0) is 25.0 Å². The summed E-state index contributed by atoms with van der Waals surface area (Å²) in [7, 11) is -3.59. The van der Waals surface area contributed by atoms with Crippen molar-refractivity contribution in [3.8, 4) is 0 Å². The van der Waals surface area contributed by atoms with Crippen molar-refractivity contribution >= 4 is 15.7 Å². The monoisotopic (exact) mass is 325 g/mol. The van der Waals surface area contributed by atoms with Gasteiger partial charge in [-0.2, -0.15) is 4.31 Å². The van der Waals surface area contributed by atoms with Gasteiger partial charge >= 0.3 is 0 Å². The Bertz CT molecular complexity index is 668. The van der Waals surface area contributed by atoms with Crippen LogP contribution >= 0.6 is 0 Å². The van der Waals surface area contributed by atoms with E-state index in [1.54, 1.807) is 4.31 Å². The van der Waals surface area contributed by atoms with Crippen LogP contribution < -0.4 is 5.32 Å². The molecule has 120 valence electrons. The molecule has 2 aliphatic rings. The van der Waals surface area contributed by atoms with Gasteiger partial charge in [0.2, 0.25) is 10.0 Å². The second-order valence-corrected chi connectivity index (χ2v) is 8.09. The van der Waals surface area contributed by atoms with Crippen molar-refractivity contribution < 1.29 is 13.3 Å². The Hall–Kier alpha value is -1.51. The lowest BCUT2D eigenvalue weighted by Crippen LogP contribution is -2.58. The lowest BCUT2D eigenvalue weighted by molar-refractivity contribution is -0.384. The second kappa shape index (κ2) is 5.60. The lowest BCUT2D eigenvalue weighted by atomic mass is 9.78. The lowest BCUT2D eigenvalue weighted by Gasteiger charge is -2.44. The van der Waals surface area contributed by atoms with Crippen molar-refractivity contribution in [3.05, 3.63) is 34.4 Å². The standard InChI is InChI=1S/C14H19N3O4S/c18-17(19)12-3-5-13(6-4-12)22(20,21)16-8-2-1-7-14(11-16)9-15-10-14/h3-6,15H,1-2,7-11H2. The number of nitro benzene ring substituents is 1. The first-order valence-electron chi connectivity index (χ1n) is 7.38. The van der Waals surface area contributed by atoms with E-state index in [1.165, 1.54) is 24.3 Å². The van der Waals surface area contributed by atoms with Gasteiger partial charge in [-0.25, -0.2) is 8.42 Å². The summed E-state index contributed by atoms with van der Waals surface area (Å²) in [6, 6.07) is 5.13. The molecule has 0 unspecified atom stereocenters. The van der Waals surface area contributed by atoms with Gasteiger partial charge in [-0.1, -0.05) is 6.42 Å². The number of benzene rings is 1. The predicted octanol–water partition coefficient (Wildman–Crippen LogP) is 1.36. The molecule has 0 saturated carbocycles. The largest absolute Gasteiger partial charge is 0.315 e. The van der Waals surface area contributed by atoms with Crippen molar-refractivity contribution in [2.45, 2.75) is 24.2 Å². The van der Waals surface area contributed by atoms with Gasteiger partial charge < -0.3 is 5.32 Å². The van der Waals surface area contributed by atoms with Gasteiger partial charge in [0.15, 0.2) is 0 Å². The quantitative estimate of drug-likeness (QED) is 0.669. The minimum absolute atomic E-state index is 0.0599. The zero-order valence-corrected chi connectivity index (χ0v) is 13.0. The summed E-state index contributed by atoms with van der Waals surface area (Å²) in [5, 5.41) is 13.9. The van der Waals surface area contributed by atoms with E-state index in [0.29, 0.717) is 13.1 Å². The van der Waals surface area contributed by atoms with E-state index in [4.69, 9.17) is 0 Å². The molecule has 2 aliphatic heterocycles. The fourth-order valence-electron chi connectivity index (χ4n) is 3.18. The van der Waals surface area contributed by atoms with Crippen LogP contribution in [-0.4, -0.2) is 43.8 Å². The summed E-state index contributed by atoms with van der Waals surface area (Å²) < 4.78 is 27.1. The van der Waals surface area contributed by atoms with E-state index in [-0.39, 0.29) is 16.0 Å². The molecule has 2 heterocycles. The molecule has 22 heavy (non-hydrogen) atoms. The third-order valence-electron chi connectivity index (χ3n) is 4.56. The van der Waals surface area contributed by atoms with Gasteiger partial charge in [-0.15, -0.1) is 0 Å². The first-order valence-corrected chi connectivity index (χ1v) is 8.82. The summed E-state index contributed by atoms with van der Waals surface area (Å²) in [5.74, 6) is 0. The molecule has 2 fully saturated rings.